The van der Waals surface area contributed by atoms with Crippen LogP contribution >= 0.6 is 0 Å². The zero-order valence-corrected chi connectivity index (χ0v) is 17.1. The van der Waals surface area contributed by atoms with Crippen LogP contribution in [0.15, 0.2) is 24.7 Å². The maximum absolute atomic E-state index is 12.3. The van der Waals surface area contributed by atoms with Crippen molar-refractivity contribution in [3.63, 3.8) is 0 Å². The van der Waals surface area contributed by atoms with Gasteiger partial charge in [-0.25, -0.2) is 4.68 Å². The van der Waals surface area contributed by atoms with Crippen molar-refractivity contribution >= 4 is 0 Å². The second kappa shape index (κ2) is 8.69. The summed E-state index contributed by atoms with van der Waals surface area (Å²) >= 11 is 0. The van der Waals surface area contributed by atoms with E-state index >= 15 is 0 Å². The van der Waals surface area contributed by atoms with Gasteiger partial charge in [-0.05, 0) is 32.9 Å². The lowest BCUT2D eigenvalue weighted by Crippen LogP contribution is -2.48. The van der Waals surface area contributed by atoms with Crippen LogP contribution in [0.4, 0.5) is 13.2 Å². The quantitative estimate of drug-likeness (QED) is 0.581. The number of likely N-dealkylation sites (N-methyl/N-ethyl adjacent to an activating group) is 1. The van der Waals surface area contributed by atoms with E-state index in [-0.39, 0.29) is 11.8 Å². The molecule has 2 aromatic heterocycles. The molecule has 0 amide bonds. The molecular weight excluding hydrogens is 383 g/mol. The zero-order valence-electron chi connectivity index (χ0n) is 17.1. The molecule has 1 aliphatic rings. The summed E-state index contributed by atoms with van der Waals surface area (Å²) in [4.78, 5) is 6.47. The van der Waals surface area contributed by atoms with Gasteiger partial charge in [-0.2, -0.15) is 13.2 Å². The average Bonchev–Trinajstić information content (AvgIpc) is 3.15. The first-order valence-corrected chi connectivity index (χ1v) is 9.92. The van der Waals surface area contributed by atoms with Crippen molar-refractivity contribution in [2.75, 3.05) is 20.2 Å². The Morgan fingerprint density at radius 3 is 2.59 bits per heavy atom. The van der Waals surface area contributed by atoms with Crippen molar-refractivity contribution < 1.29 is 17.9 Å². The predicted molar refractivity (Wildman–Crippen MR) is 103 cm³/mol. The van der Waals surface area contributed by atoms with Crippen LogP contribution in [0.3, 0.4) is 0 Å². The Bertz CT molecular complexity index is 805. The lowest BCUT2D eigenvalue weighted by molar-refractivity contribution is -0.135. The largest absolute Gasteiger partial charge is 0.490 e. The summed E-state index contributed by atoms with van der Waals surface area (Å²) < 4.78 is 44.4. The molecule has 1 atom stereocenters. The summed E-state index contributed by atoms with van der Waals surface area (Å²) in [6, 6.07) is 2.30. The van der Waals surface area contributed by atoms with Crippen molar-refractivity contribution in [2.45, 2.75) is 63.6 Å². The first-order valence-electron chi connectivity index (χ1n) is 9.92. The van der Waals surface area contributed by atoms with Crippen molar-refractivity contribution in [3.05, 3.63) is 30.4 Å². The fourth-order valence-corrected chi connectivity index (χ4v) is 3.31. The minimum atomic E-state index is -4.10. The maximum atomic E-state index is 12.3. The topological polar surface area (TPSA) is 56.1 Å². The first kappa shape index (κ1) is 21.5. The van der Waals surface area contributed by atoms with Crippen LogP contribution in [-0.4, -0.2) is 57.3 Å². The normalized spacial score (nSPS) is 17.9. The number of halogens is 3. The smallest absolute Gasteiger partial charge is 0.389 e. The number of alkyl halides is 3. The maximum Gasteiger partial charge on any atom is 0.389 e. The van der Waals surface area contributed by atoms with Gasteiger partial charge in [0.05, 0.1) is 30.0 Å². The monoisotopic (exact) mass is 411 g/mol. The van der Waals surface area contributed by atoms with Gasteiger partial charge in [0.1, 0.15) is 12.4 Å². The van der Waals surface area contributed by atoms with Crippen LogP contribution in [0.2, 0.25) is 0 Å². The predicted octanol–water partition coefficient (Wildman–Crippen LogP) is 4.15. The second-order valence-corrected chi connectivity index (χ2v) is 8.37. The number of ether oxygens (including phenoxy) is 1. The lowest BCUT2D eigenvalue weighted by Gasteiger charge is -2.37. The Labute approximate surface area is 169 Å². The molecule has 0 unspecified atom stereocenters. The van der Waals surface area contributed by atoms with E-state index in [1.165, 1.54) is 0 Å². The van der Waals surface area contributed by atoms with Gasteiger partial charge in [0.2, 0.25) is 0 Å². The van der Waals surface area contributed by atoms with E-state index in [0.717, 1.165) is 24.3 Å². The molecule has 0 radical (unpaired) electrons. The molecule has 0 aromatic carbocycles. The van der Waals surface area contributed by atoms with Crippen molar-refractivity contribution in [3.8, 4) is 11.4 Å². The SMILES string of the molecule is CN1CC[C@H]1COc1cncc(-n2cc(C(C)(C)CCCCC(F)(F)F)nn2)c1. The number of aromatic nitrogens is 4. The van der Waals surface area contributed by atoms with Gasteiger partial charge in [-0.3, -0.25) is 9.88 Å². The number of hydrogen-bond donors (Lipinski definition) is 0. The van der Waals surface area contributed by atoms with E-state index in [1.807, 2.05) is 26.1 Å². The van der Waals surface area contributed by atoms with Gasteiger partial charge in [0.15, 0.2) is 0 Å². The van der Waals surface area contributed by atoms with E-state index < -0.39 is 12.6 Å². The molecule has 0 saturated carbocycles. The average molecular weight is 411 g/mol. The summed E-state index contributed by atoms with van der Waals surface area (Å²) in [5, 5.41) is 8.42. The molecule has 0 spiro atoms. The molecule has 3 heterocycles. The first-order chi connectivity index (χ1) is 13.6. The molecule has 6 nitrogen and oxygen atoms in total. The van der Waals surface area contributed by atoms with Crippen LogP contribution in [0.1, 0.15) is 51.6 Å². The van der Waals surface area contributed by atoms with Crippen LogP contribution in [-0.2, 0) is 5.41 Å². The number of likely N-dealkylation sites (tertiary alicyclic amines) is 1. The highest BCUT2D eigenvalue weighted by Gasteiger charge is 2.28. The molecule has 9 heteroatoms. The lowest BCUT2D eigenvalue weighted by atomic mass is 9.84. The van der Waals surface area contributed by atoms with Crippen LogP contribution in [0.25, 0.3) is 5.69 Å². The molecule has 1 saturated heterocycles. The molecule has 3 rings (SSSR count). The molecule has 2 aromatic rings. The van der Waals surface area contributed by atoms with Crippen LogP contribution in [0, 0.1) is 0 Å². The highest BCUT2D eigenvalue weighted by atomic mass is 19.4. The van der Waals surface area contributed by atoms with Gasteiger partial charge in [0.25, 0.3) is 0 Å². The third-order valence-electron chi connectivity index (χ3n) is 5.54. The van der Waals surface area contributed by atoms with Gasteiger partial charge in [-0.1, -0.05) is 25.5 Å². The molecular formula is C20H28F3N5O. The van der Waals surface area contributed by atoms with E-state index in [4.69, 9.17) is 4.74 Å². The van der Waals surface area contributed by atoms with E-state index in [2.05, 4.69) is 27.2 Å². The highest BCUT2D eigenvalue weighted by Crippen LogP contribution is 2.30. The number of rotatable bonds is 9. The zero-order chi connectivity index (χ0) is 21.1. The summed E-state index contributed by atoms with van der Waals surface area (Å²) in [6.07, 6.45) is 2.67. The van der Waals surface area contributed by atoms with Crippen LogP contribution in [0.5, 0.6) is 5.75 Å². The fourth-order valence-electron chi connectivity index (χ4n) is 3.31. The Morgan fingerprint density at radius 2 is 1.93 bits per heavy atom. The van der Waals surface area contributed by atoms with Gasteiger partial charge < -0.3 is 4.74 Å². The highest BCUT2D eigenvalue weighted by molar-refractivity contribution is 5.35. The standard InChI is InChI=1S/C20H28F3N5O/c1-19(2,7-4-5-8-20(21,22)23)18-13-28(26-25-18)16-10-17(12-24-11-16)29-14-15-6-9-27(15)3/h10-13,15H,4-9,14H2,1-3H3/t15-/m0/s1. The van der Waals surface area contributed by atoms with E-state index in [1.54, 1.807) is 17.1 Å². The Balaban J connectivity index is 1.59. The summed E-state index contributed by atoms with van der Waals surface area (Å²) in [7, 11) is 2.08. The van der Waals surface area contributed by atoms with Crippen molar-refractivity contribution in [1.82, 2.24) is 24.9 Å². The Morgan fingerprint density at radius 1 is 1.17 bits per heavy atom. The van der Waals surface area contributed by atoms with Crippen LogP contribution < -0.4 is 4.74 Å². The van der Waals surface area contributed by atoms with Gasteiger partial charge in [-0.15, -0.1) is 5.10 Å². The van der Waals surface area contributed by atoms with Gasteiger partial charge >= 0.3 is 6.18 Å². The summed E-state index contributed by atoms with van der Waals surface area (Å²) in [5.74, 6) is 0.672. The number of hydrogen-bond acceptors (Lipinski definition) is 5. The minimum Gasteiger partial charge on any atom is -0.490 e. The molecule has 1 aliphatic heterocycles. The summed E-state index contributed by atoms with van der Waals surface area (Å²) in [6.45, 7) is 5.67. The van der Waals surface area contributed by atoms with Crippen molar-refractivity contribution in [2.24, 2.45) is 0 Å². The Kier molecular flexibility index (Phi) is 6.45. The molecule has 160 valence electrons. The number of unbranched alkanes of at least 4 members (excludes halogenated alkanes) is 1. The number of pyridine rings is 1. The van der Waals surface area contributed by atoms with E-state index in [9.17, 15) is 13.2 Å². The third kappa shape index (κ3) is 5.91. The molecule has 29 heavy (non-hydrogen) atoms. The minimum absolute atomic E-state index is 0.126. The molecule has 1 fully saturated rings. The van der Waals surface area contributed by atoms with Crippen molar-refractivity contribution in [1.29, 1.82) is 0 Å². The summed E-state index contributed by atoms with van der Waals surface area (Å²) in [5.41, 5.74) is 1.11. The van der Waals surface area contributed by atoms with Gasteiger partial charge in [0, 0.05) is 23.9 Å². The second-order valence-electron chi connectivity index (χ2n) is 8.37. The number of nitrogens with zero attached hydrogens (tertiary/aromatic N) is 5. The Hall–Kier alpha value is -2.16. The third-order valence-corrected chi connectivity index (χ3v) is 5.54. The fraction of sp³-hybridized carbons (Fsp3) is 0.650. The van der Waals surface area contributed by atoms with E-state index in [0.29, 0.717) is 31.2 Å². The molecule has 0 aliphatic carbocycles. The molecule has 0 N–H and O–H groups in total. The molecule has 0 bridgehead atoms.